The summed E-state index contributed by atoms with van der Waals surface area (Å²) in [5.74, 6) is 0.926. The lowest BCUT2D eigenvalue weighted by atomic mass is 9.35. The zero-order valence-electron chi connectivity index (χ0n) is 33.7. The Kier molecular flexibility index (Phi) is 12.8. The summed E-state index contributed by atoms with van der Waals surface area (Å²) < 4.78 is 18.7. The summed E-state index contributed by atoms with van der Waals surface area (Å²) in [5.41, 5.74) is -1.12. The number of methoxy groups -OCH3 is 1. The summed E-state index contributed by atoms with van der Waals surface area (Å²) in [6.45, 7) is 22.9. The second-order valence-corrected chi connectivity index (χ2v) is 19.3. The average Bonchev–Trinajstić information content (AvgIpc) is 3.40. The first kappa shape index (κ1) is 40.6. The van der Waals surface area contributed by atoms with Crippen LogP contribution in [-0.2, 0) is 23.8 Å². The predicted molar refractivity (Wildman–Crippen MR) is 198 cm³/mol. The van der Waals surface area contributed by atoms with Gasteiger partial charge in [0.25, 0.3) is 0 Å². The Labute approximate surface area is 301 Å². The number of hydrogen-bond donors (Lipinski definition) is 1. The van der Waals surface area contributed by atoms with E-state index in [-0.39, 0.29) is 63.2 Å². The Morgan fingerprint density at radius 3 is 1.92 bits per heavy atom. The van der Waals surface area contributed by atoms with Gasteiger partial charge in [0.05, 0.1) is 11.2 Å². The average molecular weight is 689 g/mol. The lowest BCUT2D eigenvalue weighted by Gasteiger charge is -2.70. The van der Waals surface area contributed by atoms with Gasteiger partial charge in [0.2, 0.25) is 0 Å². The number of aliphatic hydroxyl groups is 1. The van der Waals surface area contributed by atoms with Crippen molar-refractivity contribution in [3.63, 3.8) is 0 Å². The molecule has 6 heteroatoms. The molecule has 0 radical (unpaired) electrons. The molecule has 0 saturated heterocycles. The molecule has 4 rings (SSSR count). The molecule has 0 aromatic carbocycles. The fourth-order valence-corrected chi connectivity index (χ4v) is 12.4. The first-order valence-corrected chi connectivity index (χ1v) is 20.5. The normalized spacial score (nSPS) is 38.1. The first-order chi connectivity index (χ1) is 22.8. The van der Waals surface area contributed by atoms with Gasteiger partial charge in [-0.3, -0.25) is 9.59 Å². The molecule has 284 valence electrons. The van der Waals surface area contributed by atoms with Crippen molar-refractivity contribution in [2.24, 2.45) is 45.3 Å². The first-order valence-electron chi connectivity index (χ1n) is 20.5. The van der Waals surface area contributed by atoms with Crippen LogP contribution in [0.25, 0.3) is 0 Å². The van der Waals surface area contributed by atoms with Crippen LogP contribution in [0.4, 0.5) is 0 Å². The maximum atomic E-state index is 13.5. The Balaban J connectivity index is 1.64. The van der Waals surface area contributed by atoms with E-state index in [1.807, 2.05) is 0 Å². The molecule has 4 fully saturated rings. The van der Waals surface area contributed by atoms with E-state index in [2.05, 4.69) is 69.2 Å². The molecule has 4 aliphatic rings. The van der Waals surface area contributed by atoms with E-state index in [0.717, 1.165) is 103 Å². The molecule has 0 bridgehead atoms. The molecule has 6 nitrogen and oxygen atoms in total. The summed E-state index contributed by atoms with van der Waals surface area (Å²) in [6, 6.07) is 0. The van der Waals surface area contributed by atoms with Crippen LogP contribution in [0.5, 0.6) is 0 Å². The fraction of sp³-hybridized carbons (Fsp3) is 0.953. The van der Waals surface area contributed by atoms with Gasteiger partial charge in [0.15, 0.2) is 0 Å². The number of rotatable bonds is 16. The minimum Gasteiger partial charge on any atom is -0.462 e. The third-order valence-electron chi connectivity index (χ3n) is 15.6. The van der Waals surface area contributed by atoms with Crippen LogP contribution in [0.2, 0.25) is 0 Å². The number of carbonyl (C=O) groups excluding carboxylic acids is 2. The van der Waals surface area contributed by atoms with Crippen molar-refractivity contribution in [1.29, 1.82) is 0 Å². The quantitative estimate of drug-likeness (QED) is 0.128. The van der Waals surface area contributed by atoms with Gasteiger partial charge >= 0.3 is 11.9 Å². The van der Waals surface area contributed by atoms with Crippen molar-refractivity contribution >= 4 is 11.9 Å². The molecule has 0 unspecified atom stereocenters. The van der Waals surface area contributed by atoms with Gasteiger partial charge in [0.1, 0.15) is 12.2 Å². The zero-order valence-corrected chi connectivity index (χ0v) is 33.7. The summed E-state index contributed by atoms with van der Waals surface area (Å²) in [6.07, 6.45) is 16.4. The number of esters is 2. The number of ether oxygens (including phenoxy) is 3. The Hall–Kier alpha value is -1.14. The highest BCUT2D eigenvalue weighted by molar-refractivity contribution is 5.70. The Morgan fingerprint density at radius 1 is 0.735 bits per heavy atom. The van der Waals surface area contributed by atoms with E-state index in [4.69, 9.17) is 14.2 Å². The third kappa shape index (κ3) is 7.96. The van der Waals surface area contributed by atoms with Crippen LogP contribution in [0.3, 0.4) is 0 Å². The monoisotopic (exact) mass is 689 g/mol. The lowest BCUT2D eigenvalue weighted by Crippen LogP contribution is -2.67. The standard InChI is InChI=1S/C43H76O6/c1-12-14-16-19-35(44)48-31-29-33-40(7)26-23-34(49-36(45)20-17-15-13-2)39(5,6)32(40)22-28-41(33,8)42(9)27-21-30(37(31)42)43(10,46)25-18-24-38(3,4)47-11/h30-34,37,46H,12-29H2,1-11H3/t30-,31+,32-,33+,34-,37-,40-,41+,42+,43+/m0/s1. The van der Waals surface area contributed by atoms with Gasteiger partial charge in [-0.15, -0.1) is 0 Å². The summed E-state index contributed by atoms with van der Waals surface area (Å²) >= 11 is 0. The zero-order chi connectivity index (χ0) is 36.5. The topological polar surface area (TPSA) is 82.1 Å². The second kappa shape index (κ2) is 15.5. The highest BCUT2D eigenvalue weighted by Gasteiger charge is 2.72. The molecule has 0 aromatic heterocycles. The molecule has 1 N–H and O–H groups in total. The van der Waals surface area contributed by atoms with Crippen molar-refractivity contribution < 1.29 is 28.9 Å². The number of unbranched alkanes of at least 4 members (excludes halogenated alkanes) is 4. The predicted octanol–water partition coefficient (Wildman–Crippen LogP) is 10.6. The molecule has 0 aliphatic heterocycles. The van der Waals surface area contributed by atoms with Gasteiger partial charge in [-0.05, 0) is 132 Å². The van der Waals surface area contributed by atoms with Gasteiger partial charge in [-0.25, -0.2) is 0 Å². The van der Waals surface area contributed by atoms with Crippen molar-refractivity contribution in [3.05, 3.63) is 0 Å². The van der Waals surface area contributed by atoms with Crippen LogP contribution in [-0.4, -0.2) is 47.6 Å². The minimum absolute atomic E-state index is 0.0336. The van der Waals surface area contributed by atoms with Gasteiger partial charge < -0.3 is 19.3 Å². The molecule has 49 heavy (non-hydrogen) atoms. The largest absolute Gasteiger partial charge is 0.462 e. The highest BCUT2D eigenvalue weighted by atomic mass is 16.5. The van der Waals surface area contributed by atoms with E-state index in [1.165, 1.54) is 0 Å². The molecule has 0 spiro atoms. The molecule has 4 saturated carbocycles. The molecule has 10 atom stereocenters. The van der Waals surface area contributed by atoms with Crippen LogP contribution in [0.15, 0.2) is 0 Å². The second-order valence-electron chi connectivity index (χ2n) is 19.3. The molecule has 4 aliphatic carbocycles. The van der Waals surface area contributed by atoms with Crippen LogP contribution >= 0.6 is 0 Å². The highest BCUT2D eigenvalue weighted by Crippen LogP contribution is 2.76. The molecule has 0 heterocycles. The SMILES string of the molecule is CCCCCC(=O)O[C@H]1CC[C@]2(C)[C@H]3C[C@@H](OC(=O)CCCCC)[C@@H]4[C@@H]([C@](C)(O)CCCC(C)(C)OC)CC[C@@]4(C)[C@]3(C)CC[C@H]2C1(C)C. The van der Waals surface area contributed by atoms with E-state index < -0.39 is 5.60 Å². The van der Waals surface area contributed by atoms with Crippen LogP contribution in [0, 0.1) is 45.3 Å². The molecule has 0 amide bonds. The summed E-state index contributed by atoms with van der Waals surface area (Å²) in [7, 11) is 1.77. The van der Waals surface area contributed by atoms with Crippen molar-refractivity contribution in [2.75, 3.05) is 7.11 Å². The van der Waals surface area contributed by atoms with Crippen molar-refractivity contribution in [3.8, 4) is 0 Å². The number of fused-ring (bicyclic) bond motifs is 5. The van der Waals surface area contributed by atoms with Crippen molar-refractivity contribution in [1.82, 2.24) is 0 Å². The number of hydrogen-bond acceptors (Lipinski definition) is 6. The van der Waals surface area contributed by atoms with Gasteiger partial charge in [-0.1, -0.05) is 74.1 Å². The minimum atomic E-state index is -0.843. The number of carbonyl (C=O) groups is 2. The van der Waals surface area contributed by atoms with Crippen molar-refractivity contribution in [2.45, 2.75) is 208 Å². The van der Waals surface area contributed by atoms with Crippen LogP contribution in [0.1, 0.15) is 185 Å². The van der Waals surface area contributed by atoms with E-state index in [1.54, 1.807) is 7.11 Å². The van der Waals surface area contributed by atoms with E-state index in [0.29, 0.717) is 24.7 Å². The Morgan fingerprint density at radius 2 is 1.33 bits per heavy atom. The smallest absolute Gasteiger partial charge is 0.306 e. The molecular formula is C43H76O6. The maximum Gasteiger partial charge on any atom is 0.306 e. The van der Waals surface area contributed by atoms with Crippen LogP contribution < -0.4 is 0 Å². The maximum absolute atomic E-state index is 13.5. The van der Waals surface area contributed by atoms with E-state index >= 15 is 0 Å². The van der Waals surface area contributed by atoms with Gasteiger partial charge in [0, 0.05) is 31.3 Å². The fourth-order valence-electron chi connectivity index (χ4n) is 12.4. The summed E-state index contributed by atoms with van der Waals surface area (Å²) in [4.78, 5) is 26.5. The Bertz CT molecular complexity index is 1130. The summed E-state index contributed by atoms with van der Waals surface area (Å²) in [5, 5.41) is 12.3. The third-order valence-corrected chi connectivity index (χ3v) is 15.6. The van der Waals surface area contributed by atoms with Gasteiger partial charge in [-0.2, -0.15) is 0 Å². The lowest BCUT2D eigenvalue weighted by molar-refractivity contribution is -0.253. The molecule has 0 aromatic rings. The van der Waals surface area contributed by atoms with E-state index in [9.17, 15) is 14.7 Å². The molecular weight excluding hydrogens is 612 g/mol.